The van der Waals surface area contributed by atoms with E-state index in [0.29, 0.717) is 12.0 Å². The summed E-state index contributed by atoms with van der Waals surface area (Å²) < 4.78 is 0. The molecule has 0 radical (unpaired) electrons. The van der Waals surface area contributed by atoms with Crippen LogP contribution in [0.4, 0.5) is 5.69 Å². The number of rotatable bonds is 7. The number of nitrogens with one attached hydrogen (secondary N) is 2. The van der Waals surface area contributed by atoms with E-state index in [1.54, 1.807) is 0 Å². The summed E-state index contributed by atoms with van der Waals surface area (Å²) in [6.45, 7) is 14.8. The number of piperazine rings is 1. The molecule has 0 amide bonds. The first-order chi connectivity index (χ1) is 13.7. The van der Waals surface area contributed by atoms with E-state index in [9.17, 15) is 0 Å². The van der Waals surface area contributed by atoms with Crippen LogP contribution in [0.2, 0.25) is 0 Å². The molecule has 0 bridgehead atoms. The Balaban J connectivity index is 1.37. The van der Waals surface area contributed by atoms with Gasteiger partial charge in [0.1, 0.15) is 0 Å². The molecule has 2 atom stereocenters. The largest absolute Gasteiger partial charge is 0.369 e. The third-order valence-corrected chi connectivity index (χ3v) is 5.97. The van der Waals surface area contributed by atoms with Crippen molar-refractivity contribution in [2.24, 2.45) is 10.9 Å². The molecule has 0 aliphatic carbocycles. The van der Waals surface area contributed by atoms with Gasteiger partial charge in [0.05, 0.1) is 0 Å². The van der Waals surface area contributed by atoms with Crippen LogP contribution in [0.5, 0.6) is 0 Å². The molecule has 0 aromatic heterocycles. The predicted molar refractivity (Wildman–Crippen MR) is 119 cm³/mol. The second-order valence-electron chi connectivity index (χ2n) is 8.20. The maximum absolute atomic E-state index is 4.44. The van der Waals surface area contributed by atoms with Gasteiger partial charge >= 0.3 is 0 Å². The number of aliphatic imine (C=N–C) groups is 1. The molecule has 156 valence electrons. The van der Waals surface area contributed by atoms with Gasteiger partial charge in [-0.1, -0.05) is 32.0 Å². The molecular weight excluding hydrogens is 348 g/mol. The lowest BCUT2D eigenvalue weighted by Crippen LogP contribution is -2.49. The lowest BCUT2D eigenvalue weighted by Gasteiger charge is -2.35. The van der Waals surface area contributed by atoms with Crippen molar-refractivity contribution < 1.29 is 0 Å². The maximum atomic E-state index is 4.44. The van der Waals surface area contributed by atoms with Gasteiger partial charge in [0.2, 0.25) is 0 Å². The van der Waals surface area contributed by atoms with E-state index in [1.165, 1.54) is 38.4 Å². The van der Waals surface area contributed by atoms with Gasteiger partial charge in [-0.3, -0.25) is 4.99 Å². The summed E-state index contributed by atoms with van der Waals surface area (Å²) >= 11 is 0. The Morgan fingerprint density at radius 3 is 2.50 bits per heavy atom. The minimum atomic E-state index is 0.448. The third-order valence-electron chi connectivity index (χ3n) is 5.97. The first-order valence-electron chi connectivity index (χ1n) is 10.9. The predicted octanol–water partition coefficient (Wildman–Crippen LogP) is 1.70. The van der Waals surface area contributed by atoms with Crippen molar-refractivity contribution in [3.8, 4) is 0 Å². The van der Waals surface area contributed by atoms with Crippen molar-refractivity contribution >= 4 is 11.6 Å². The van der Waals surface area contributed by atoms with E-state index < -0.39 is 0 Å². The van der Waals surface area contributed by atoms with Crippen LogP contribution < -0.4 is 15.5 Å². The summed E-state index contributed by atoms with van der Waals surface area (Å²) in [5.74, 6) is 1.54. The van der Waals surface area contributed by atoms with Gasteiger partial charge in [0, 0.05) is 71.1 Å². The fourth-order valence-electron chi connectivity index (χ4n) is 4.20. The zero-order valence-electron chi connectivity index (χ0n) is 17.9. The minimum Gasteiger partial charge on any atom is -0.369 e. The molecule has 1 aromatic carbocycles. The smallest absolute Gasteiger partial charge is 0.191 e. The number of guanidine groups is 1. The van der Waals surface area contributed by atoms with Crippen molar-refractivity contribution in [3.63, 3.8) is 0 Å². The van der Waals surface area contributed by atoms with Gasteiger partial charge in [0.25, 0.3) is 0 Å². The monoisotopic (exact) mass is 386 g/mol. The highest BCUT2D eigenvalue weighted by Gasteiger charge is 2.23. The Morgan fingerprint density at radius 2 is 1.82 bits per heavy atom. The first-order valence-corrected chi connectivity index (χ1v) is 10.9. The molecule has 1 aromatic rings. The molecule has 2 aliphatic rings. The quantitative estimate of drug-likeness (QED) is 0.552. The van der Waals surface area contributed by atoms with Crippen LogP contribution in [-0.2, 0) is 0 Å². The van der Waals surface area contributed by atoms with Crippen molar-refractivity contribution in [1.82, 2.24) is 20.4 Å². The van der Waals surface area contributed by atoms with Crippen LogP contribution in [0.15, 0.2) is 35.3 Å². The Bertz CT molecular complexity index is 596. The molecular formula is C22H38N6. The molecule has 2 fully saturated rings. The maximum Gasteiger partial charge on any atom is 0.191 e. The minimum absolute atomic E-state index is 0.448. The molecule has 2 unspecified atom stereocenters. The summed E-state index contributed by atoms with van der Waals surface area (Å²) in [6.07, 6.45) is 1.15. The van der Waals surface area contributed by atoms with Gasteiger partial charge in [-0.05, 0) is 31.0 Å². The van der Waals surface area contributed by atoms with Crippen molar-refractivity contribution in [1.29, 1.82) is 0 Å². The van der Waals surface area contributed by atoms with E-state index in [0.717, 1.165) is 38.6 Å². The van der Waals surface area contributed by atoms with E-state index >= 15 is 0 Å². The van der Waals surface area contributed by atoms with Crippen LogP contribution >= 0.6 is 0 Å². The molecule has 6 nitrogen and oxygen atoms in total. The average Bonchev–Trinajstić information content (AvgIpc) is 3.21. The van der Waals surface area contributed by atoms with Gasteiger partial charge in [0.15, 0.2) is 5.96 Å². The molecule has 2 saturated heterocycles. The summed E-state index contributed by atoms with van der Waals surface area (Å²) in [5, 5.41) is 7.16. The number of para-hydroxylation sites is 1. The number of hydrogen-bond donors (Lipinski definition) is 2. The van der Waals surface area contributed by atoms with Gasteiger partial charge in [-0.25, -0.2) is 0 Å². The SMILES string of the molecule is CCN1CCN(CC(C)CNC(=NC)NC2CCN(c3ccccc3)C2)CC1. The molecule has 0 saturated carbocycles. The molecule has 28 heavy (non-hydrogen) atoms. The molecule has 0 spiro atoms. The van der Waals surface area contributed by atoms with Crippen LogP contribution in [0.3, 0.4) is 0 Å². The van der Waals surface area contributed by atoms with Crippen LogP contribution in [0, 0.1) is 5.92 Å². The van der Waals surface area contributed by atoms with Crippen LogP contribution in [-0.4, -0.2) is 87.8 Å². The van der Waals surface area contributed by atoms with Gasteiger partial charge in [-0.2, -0.15) is 0 Å². The number of hydrogen-bond acceptors (Lipinski definition) is 4. The second-order valence-corrected chi connectivity index (χ2v) is 8.20. The highest BCUT2D eigenvalue weighted by Crippen LogP contribution is 2.19. The van der Waals surface area contributed by atoms with Crippen molar-refractivity contribution in [2.45, 2.75) is 26.3 Å². The van der Waals surface area contributed by atoms with E-state index in [1.807, 2.05) is 7.05 Å². The Morgan fingerprint density at radius 1 is 1.11 bits per heavy atom. The molecule has 2 N–H and O–H groups in total. The molecule has 3 rings (SSSR count). The lowest BCUT2D eigenvalue weighted by atomic mass is 10.1. The van der Waals surface area contributed by atoms with Gasteiger partial charge < -0.3 is 25.3 Å². The number of nitrogens with zero attached hydrogens (tertiary/aromatic N) is 4. The van der Waals surface area contributed by atoms with E-state index in [2.05, 4.69) is 74.5 Å². The van der Waals surface area contributed by atoms with Crippen molar-refractivity contribution in [2.75, 3.05) is 70.9 Å². The second kappa shape index (κ2) is 10.7. The number of benzene rings is 1. The van der Waals surface area contributed by atoms with E-state index in [-0.39, 0.29) is 0 Å². The molecule has 6 heteroatoms. The highest BCUT2D eigenvalue weighted by molar-refractivity contribution is 5.80. The summed E-state index contributed by atoms with van der Waals surface area (Å²) in [5.41, 5.74) is 1.31. The molecule has 2 aliphatic heterocycles. The zero-order valence-corrected chi connectivity index (χ0v) is 17.9. The summed E-state index contributed by atoms with van der Waals surface area (Å²) in [6, 6.07) is 11.1. The molecule has 2 heterocycles. The fourth-order valence-corrected chi connectivity index (χ4v) is 4.20. The van der Waals surface area contributed by atoms with Crippen LogP contribution in [0.25, 0.3) is 0 Å². The lowest BCUT2D eigenvalue weighted by molar-refractivity contribution is 0.124. The van der Waals surface area contributed by atoms with Crippen molar-refractivity contribution in [3.05, 3.63) is 30.3 Å². The number of anilines is 1. The van der Waals surface area contributed by atoms with E-state index in [4.69, 9.17) is 0 Å². The van der Waals surface area contributed by atoms with Crippen LogP contribution in [0.1, 0.15) is 20.3 Å². The Labute approximate surface area is 171 Å². The Hall–Kier alpha value is -1.79. The fraction of sp³-hybridized carbons (Fsp3) is 0.682. The van der Waals surface area contributed by atoms with Gasteiger partial charge in [-0.15, -0.1) is 0 Å². The standard InChI is InChI=1S/C22H38N6/c1-4-26-12-14-27(15-13-26)17-19(2)16-24-22(23-3)25-20-10-11-28(18-20)21-8-6-5-7-9-21/h5-9,19-20H,4,10-18H2,1-3H3,(H2,23,24,25). The highest BCUT2D eigenvalue weighted by atomic mass is 15.3. The third kappa shape index (κ3) is 6.11. The summed E-state index contributed by atoms with van der Waals surface area (Å²) in [4.78, 5) is 12.0. The summed E-state index contributed by atoms with van der Waals surface area (Å²) in [7, 11) is 1.87. The zero-order chi connectivity index (χ0) is 19.8. The normalized spacial score (nSPS) is 23.0. The average molecular weight is 387 g/mol. The topological polar surface area (TPSA) is 46.1 Å². The number of likely N-dealkylation sites (N-methyl/N-ethyl adjacent to an activating group) is 1. The first kappa shape index (κ1) is 20.9. The Kier molecular flexibility index (Phi) is 7.98.